The van der Waals surface area contributed by atoms with Crippen LogP contribution in [0.5, 0.6) is 0 Å². The van der Waals surface area contributed by atoms with Crippen LogP contribution in [0.1, 0.15) is 44.6 Å². The van der Waals surface area contributed by atoms with Crippen LogP contribution in [0.15, 0.2) is 42.6 Å². The first kappa shape index (κ1) is 13.4. The van der Waals surface area contributed by atoms with Crippen molar-refractivity contribution in [3.63, 3.8) is 0 Å². The smallest absolute Gasteiger partial charge is 0.0212 e. The molecule has 0 radical (unpaired) electrons. The van der Waals surface area contributed by atoms with Crippen LogP contribution in [0.25, 0.3) is 0 Å². The summed E-state index contributed by atoms with van der Waals surface area (Å²) in [5, 5.41) is 0. The minimum atomic E-state index is 0.410. The summed E-state index contributed by atoms with van der Waals surface area (Å²) >= 11 is 0. The second-order valence-corrected chi connectivity index (χ2v) is 7.80. The third kappa shape index (κ3) is 2.75. The predicted molar refractivity (Wildman–Crippen MR) is 88.1 cm³/mol. The number of rotatable bonds is 7. The molecule has 2 unspecified atom stereocenters. The largest absolute Gasteiger partial charge is 0.374 e. The predicted octanol–water partition coefficient (Wildman–Crippen LogP) is 4.60. The van der Waals surface area contributed by atoms with E-state index in [0.717, 1.165) is 17.8 Å². The fourth-order valence-electron chi connectivity index (χ4n) is 3.75. The van der Waals surface area contributed by atoms with Crippen LogP contribution in [0.3, 0.4) is 0 Å². The summed E-state index contributed by atoms with van der Waals surface area (Å²) in [6.45, 7) is 9.38. The molecular formula is C20H27N. The van der Waals surface area contributed by atoms with Gasteiger partial charge >= 0.3 is 0 Å². The standard InChI is InChI=1S/C20H27N/c1-15(17-10-11-17)21(13-16-8-9-16)14-19-12-20(19,2)18-6-4-3-5-7-18/h3-7,16-17,19H,1,8-14H2,2H3. The van der Waals surface area contributed by atoms with Crippen LogP contribution in [0.2, 0.25) is 0 Å². The molecule has 1 aromatic rings. The Morgan fingerprint density at radius 1 is 1.14 bits per heavy atom. The Morgan fingerprint density at radius 3 is 2.48 bits per heavy atom. The van der Waals surface area contributed by atoms with Crippen molar-refractivity contribution < 1.29 is 0 Å². The molecule has 0 N–H and O–H groups in total. The minimum Gasteiger partial charge on any atom is -0.374 e. The van der Waals surface area contributed by atoms with Gasteiger partial charge in [-0.15, -0.1) is 0 Å². The molecule has 21 heavy (non-hydrogen) atoms. The van der Waals surface area contributed by atoms with E-state index >= 15 is 0 Å². The van der Waals surface area contributed by atoms with Gasteiger partial charge in [0.05, 0.1) is 0 Å². The molecular weight excluding hydrogens is 254 g/mol. The molecule has 3 saturated carbocycles. The van der Waals surface area contributed by atoms with Crippen LogP contribution in [0.4, 0.5) is 0 Å². The Hall–Kier alpha value is -1.24. The maximum absolute atomic E-state index is 4.43. The lowest BCUT2D eigenvalue weighted by atomic mass is 9.95. The van der Waals surface area contributed by atoms with Crippen molar-refractivity contribution in [2.24, 2.45) is 17.8 Å². The Bertz CT molecular complexity index is 526. The highest BCUT2D eigenvalue weighted by Crippen LogP contribution is 2.55. The van der Waals surface area contributed by atoms with Crippen molar-refractivity contribution >= 4 is 0 Å². The Kier molecular flexibility index (Phi) is 3.13. The molecule has 0 aliphatic heterocycles. The number of hydrogen-bond donors (Lipinski definition) is 0. The highest BCUT2D eigenvalue weighted by molar-refractivity contribution is 5.32. The Balaban J connectivity index is 1.43. The molecule has 3 fully saturated rings. The summed E-state index contributed by atoms with van der Waals surface area (Å²) in [7, 11) is 0. The maximum Gasteiger partial charge on any atom is 0.0212 e. The first-order chi connectivity index (χ1) is 10.2. The summed E-state index contributed by atoms with van der Waals surface area (Å²) in [4.78, 5) is 2.66. The van der Waals surface area contributed by atoms with Crippen molar-refractivity contribution in [2.75, 3.05) is 13.1 Å². The van der Waals surface area contributed by atoms with E-state index in [1.807, 2.05) is 0 Å². The van der Waals surface area contributed by atoms with Crippen molar-refractivity contribution in [1.29, 1.82) is 0 Å². The fraction of sp³-hybridized carbons (Fsp3) is 0.600. The lowest BCUT2D eigenvalue weighted by Gasteiger charge is -2.28. The lowest BCUT2D eigenvalue weighted by molar-refractivity contribution is 0.294. The van der Waals surface area contributed by atoms with Gasteiger partial charge in [-0.1, -0.05) is 43.8 Å². The zero-order valence-electron chi connectivity index (χ0n) is 13.2. The highest BCUT2D eigenvalue weighted by atomic mass is 15.2. The first-order valence-corrected chi connectivity index (χ1v) is 8.66. The fourth-order valence-corrected chi connectivity index (χ4v) is 3.75. The lowest BCUT2D eigenvalue weighted by Crippen LogP contribution is -2.29. The van der Waals surface area contributed by atoms with Crippen LogP contribution in [-0.2, 0) is 5.41 Å². The molecule has 0 aromatic heterocycles. The molecule has 1 aromatic carbocycles. The van der Waals surface area contributed by atoms with E-state index in [1.165, 1.54) is 56.5 Å². The van der Waals surface area contributed by atoms with Gasteiger partial charge in [0, 0.05) is 18.8 Å². The molecule has 3 aliphatic carbocycles. The molecule has 0 saturated heterocycles. The molecule has 0 amide bonds. The van der Waals surface area contributed by atoms with E-state index in [2.05, 4.69) is 48.7 Å². The molecule has 0 spiro atoms. The summed E-state index contributed by atoms with van der Waals surface area (Å²) < 4.78 is 0. The molecule has 4 rings (SSSR count). The van der Waals surface area contributed by atoms with E-state index in [-0.39, 0.29) is 0 Å². The quantitative estimate of drug-likeness (QED) is 0.706. The molecule has 0 bridgehead atoms. The monoisotopic (exact) mass is 281 g/mol. The summed E-state index contributed by atoms with van der Waals surface area (Å²) in [5.41, 5.74) is 3.38. The van der Waals surface area contributed by atoms with E-state index in [9.17, 15) is 0 Å². The van der Waals surface area contributed by atoms with Gasteiger partial charge in [-0.3, -0.25) is 0 Å². The van der Waals surface area contributed by atoms with Crippen LogP contribution < -0.4 is 0 Å². The van der Waals surface area contributed by atoms with Crippen LogP contribution in [-0.4, -0.2) is 18.0 Å². The van der Waals surface area contributed by atoms with E-state index in [1.54, 1.807) is 0 Å². The number of benzene rings is 1. The van der Waals surface area contributed by atoms with Crippen LogP contribution >= 0.6 is 0 Å². The third-order valence-corrected chi connectivity index (χ3v) is 5.92. The molecule has 112 valence electrons. The minimum absolute atomic E-state index is 0.410. The van der Waals surface area contributed by atoms with E-state index in [0.29, 0.717) is 5.41 Å². The third-order valence-electron chi connectivity index (χ3n) is 5.92. The van der Waals surface area contributed by atoms with Gasteiger partial charge in [0.25, 0.3) is 0 Å². The topological polar surface area (TPSA) is 3.24 Å². The van der Waals surface area contributed by atoms with Crippen molar-refractivity contribution in [1.82, 2.24) is 4.90 Å². The highest BCUT2D eigenvalue weighted by Gasteiger charge is 2.52. The summed E-state index contributed by atoms with van der Waals surface area (Å²) in [5.74, 6) is 2.59. The molecule has 0 heterocycles. The van der Waals surface area contributed by atoms with Gasteiger partial charge in [-0.25, -0.2) is 0 Å². The van der Waals surface area contributed by atoms with Crippen molar-refractivity contribution in [3.05, 3.63) is 48.2 Å². The molecule has 2 atom stereocenters. The van der Waals surface area contributed by atoms with E-state index in [4.69, 9.17) is 0 Å². The van der Waals surface area contributed by atoms with Crippen LogP contribution in [0, 0.1) is 17.8 Å². The molecule has 1 nitrogen and oxygen atoms in total. The maximum atomic E-state index is 4.43. The van der Waals surface area contributed by atoms with Crippen molar-refractivity contribution in [3.8, 4) is 0 Å². The first-order valence-electron chi connectivity index (χ1n) is 8.66. The Morgan fingerprint density at radius 2 is 1.86 bits per heavy atom. The van der Waals surface area contributed by atoms with Gasteiger partial charge < -0.3 is 4.90 Å². The number of allylic oxidation sites excluding steroid dienone is 1. The SMILES string of the molecule is C=C(C1CC1)N(CC1CC1)CC1CC1(C)c1ccccc1. The summed E-state index contributed by atoms with van der Waals surface area (Å²) in [6, 6.07) is 11.1. The average Bonchev–Trinajstić information content (AvgIpc) is 3.32. The molecule has 1 heteroatoms. The average molecular weight is 281 g/mol. The van der Waals surface area contributed by atoms with Gasteiger partial charge in [-0.05, 0) is 60.8 Å². The van der Waals surface area contributed by atoms with Gasteiger partial charge in [0.2, 0.25) is 0 Å². The molecule has 3 aliphatic rings. The normalized spacial score (nSPS) is 31.0. The number of nitrogens with zero attached hydrogens (tertiary/aromatic N) is 1. The zero-order valence-corrected chi connectivity index (χ0v) is 13.2. The van der Waals surface area contributed by atoms with Gasteiger partial charge in [0.1, 0.15) is 0 Å². The van der Waals surface area contributed by atoms with E-state index < -0.39 is 0 Å². The second kappa shape index (κ2) is 4.90. The number of hydrogen-bond acceptors (Lipinski definition) is 1. The van der Waals surface area contributed by atoms with Gasteiger partial charge in [0.15, 0.2) is 0 Å². The van der Waals surface area contributed by atoms with Crippen molar-refractivity contribution in [2.45, 2.75) is 44.4 Å². The zero-order chi connectivity index (χ0) is 14.4. The van der Waals surface area contributed by atoms with Gasteiger partial charge in [-0.2, -0.15) is 0 Å². The summed E-state index contributed by atoms with van der Waals surface area (Å²) in [6.07, 6.45) is 6.97. The Labute approximate surface area is 129 Å². The second-order valence-electron chi connectivity index (χ2n) is 7.80.